The minimum absolute atomic E-state index is 0.0689. The maximum absolute atomic E-state index is 12.8. The number of nitrogens with one attached hydrogen (secondary N) is 2. The highest BCUT2D eigenvalue weighted by Gasteiger charge is 2.33. The minimum Gasteiger partial charge on any atom is -0.378 e. The van der Waals surface area contributed by atoms with E-state index in [1.54, 1.807) is 24.3 Å². The van der Waals surface area contributed by atoms with Crippen LogP contribution in [0.1, 0.15) is 27.4 Å². The van der Waals surface area contributed by atoms with Crippen LogP contribution in [0.2, 0.25) is 0 Å². The molecule has 8 nitrogen and oxygen atoms in total. The first-order valence-corrected chi connectivity index (χ1v) is 10.7. The number of thioether (sulfide) groups is 1. The highest BCUT2D eigenvalue weighted by molar-refractivity contribution is 7.98. The lowest BCUT2D eigenvalue weighted by Crippen LogP contribution is -2.29. The van der Waals surface area contributed by atoms with Crippen molar-refractivity contribution in [3.8, 4) is 0 Å². The molecule has 0 aliphatic rings. The van der Waals surface area contributed by atoms with Crippen molar-refractivity contribution in [2.75, 3.05) is 18.4 Å². The summed E-state index contributed by atoms with van der Waals surface area (Å²) in [5.74, 6) is 0.815. The van der Waals surface area contributed by atoms with E-state index in [0.717, 1.165) is 22.7 Å². The number of aryl methyl sites for hydroxylation is 1. The summed E-state index contributed by atoms with van der Waals surface area (Å²) in [6, 6.07) is 11.0. The highest BCUT2D eigenvalue weighted by atomic mass is 32.2. The van der Waals surface area contributed by atoms with E-state index in [1.165, 1.54) is 11.8 Å². The molecule has 0 unspecified atom stereocenters. The Bertz CT molecular complexity index is 1150. The Morgan fingerprint density at radius 1 is 1.18 bits per heavy atom. The third kappa shape index (κ3) is 6.48. The van der Waals surface area contributed by atoms with Crippen LogP contribution in [-0.2, 0) is 11.9 Å². The standard InChI is InChI=1S/C21H19F3N4O4S/c1-13-10-15(32-27-13)12-33-19-5-3-2-4-16(19)20(29)26-9-8-25-17-7-6-14(21(22,23)24)11-18(17)28(30)31/h2-7,10-11,25H,8-9,12H2,1H3,(H,26,29). The summed E-state index contributed by atoms with van der Waals surface area (Å²) in [6.45, 7) is 1.98. The van der Waals surface area contributed by atoms with Gasteiger partial charge in [0.05, 0.1) is 27.5 Å². The number of carbonyl (C=O) groups is 1. The van der Waals surface area contributed by atoms with Gasteiger partial charge in [0, 0.05) is 30.1 Å². The van der Waals surface area contributed by atoms with E-state index in [1.807, 2.05) is 13.0 Å². The molecule has 0 spiro atoms. The van der Waals surface area contributed by atoms with E-state index in [2.05, 4.69) is 15.8 Å². The van der Waals surface area contributed by atoms with Gasteiger partial charge in [0.1, 0.15) is 11.4 Å². The van der Waals surface area contributed by atoms with Gasteiger partial charge in [-0.2, -0.15) is 13.2 Å². The van der Waals surface area contributed by atoms with E-state index in [4.69, 9.17) is 4.52 Å². The van der Waals surface area contributed by atoms with Crippen LogP contribution < -0.4 is 10.6 Å². The monoisotopic (exact) mass is 480 g/mol. The number of hydrogen-bond donors (Lipinski definition) is 2. The number of anilines is 1. The number of hydrogen-bond acceptors (Lipinski definition) is 7. The number of rotatable bonds is 9. The van der Waals surface area contributed by atoms with Crippen LogP contribution in [0.25, 0.3) is 0 Å². The predicted molar refractivity (Wildman–Crippen MR) is 116 cm³/mol. The van der Waals surface area contributed by atoms with Crippen LogP contribution >= 0.6 is 11.8 Å². The van der Waals surface area contributed by atoms with Gasteiger partial charge in [0.15, 0.2) is 0 Å². The second kappa shape index (κ2) is 10.4. The summed E-state index contributed by atoms with van der Waals surface area (Å²) >= 11 is 1.41. The Morgan fingerprint density at radius 2 is 1.94 bits per heavy atom. The Hall–Kier alpha value is -3.54. The molecular formula is C21H19F3N4O4S. The molecule has 0 atom stereocenters. The van der Waals surface area contributed by atoms with Crippen molar-refractivity contribution in [3.63, 3.8) is 0 Å². The third-order valence-electron chi connectivity index (χ3n) is 4.43. The zero-order valence-corrected chi connectivity index (χ0v) is 18.1. The van der Waals surface area contributed by atoms with Crippen molar-refractivity contribution in [1.29, 1.82) is 0 Å². The van der Waals surface area contributed by atoms with Crippen molar-refractivity contribution in [2.45, 2.75) is 23.7 Å². The van der Waals surface area contributed by atoms with Gasteiger partial charge in [-0.1, -0.05) is 17.3 Å². The highest BCUT2D eigenvalue weighted by Crippen LogP contribution is 2.34. The van der Waals surface area contributed by atoms with E-state index < -0.39 is 22.4 Å². The molecule has 3 rings (SSSR count). The molecule has 174 valence electrons. The Morgan fingerprint density at radius 3 is 2.61 bits per heavy atom. The molecule has 0 bridgehead atoms. The molecule has 3 aromatic rings. The molecule has 1 aromatic heterocycles. The number of nitrogens with zero attached hydrogens (tertiary/aromatic N) is 2. The van der Waals surface area contributed by atoms with E-state index in [9.17, 15) is 28.1 Å². The Balaban J connectivity index is 1.57. The SMILES string of the molecule is Cc1cc(CSc2ccccc2C(=O)NCCNc2ccc(C(F)(F)F)cc2[N+](=O)[O-])on1. The van der Waals surface area contributed by atoms with Gasteiger partial charge < -0.3 is 15.2 Å². The fourth-order valence-electron chi connectivity index (χ4n) is 2.89. The van der Waals surface area contributed by atoms with Crippen LogP contribution in [0.5, 0.6) is 0 Å². The Kier molecular flexibility index (Phi) is 7.59. The summed E-state index contributed by atoms with van der Waals surface area (Å²) in [6.07, 6.45) is -4.69. The van der Waals surface area contributed by atoms with Crippen molar-refractivity contribution >= 4 is 29.0 Å². The van der Waals surface area contributed by atoms with Crippen LogP contribution in [0.4, 0.5) is 24.5 Å². The largest absolute Gasteiger partial charge is 0.416 e. The van der Waals surface area contributed by atoms with Gasteiger partial charge in [0.25, 0.3) is 11.6 Å². The first-order valence-electron chi connectivity index (χ1n) is 9.67. The van der Waals surface area contributed by atoms with E-state index >= 15 is 0 Å². The van der Waals surface area contributed by atoms with Gasteiger partial charge in [-0.25, -0.2) is 0 Å². The van der Waals surface area contributed by atoms with E-state index in [-0.39, 0.29) is 24.7 Å². The first-order chi connectivity index (χ1) is 15.6. The summed E-state index contributed by atoms with van der Waals surface area (Å²) in [7, 11) is 0. The summed E-state index contributed by atoms with van der Waals surface area (Å²) in [5.41, 5.74) is -0.666. The maximum atomic E-state index is 12.8. The number of halogens is 3. The average molecular weight is 480 g/mol. The number of nitro benzene ring substituents is 1. The number of nitro groups is 1. The lowest BCUT2D eigenvalue weighted by Gasteiger charge is -2.12. The maximum Gasteiger partial charge on any atom is 0.416 e. The third-order valence-corrected chi connectivity index (χ3v) is 5.52. The lowest BCUT2D eigenvalue weighted by molar-refractivity contribution is -0.384. The summed E-state index contributed by atoms with van der Waals surface area (Å²) < 4.78 is 43.6. The van der Waals surface area contributed by atoms with Gasteiger partial charge in [-0.15, -0.1) is 11.8 Å². The second-order valence-corrected chi connectivity index (χ2v) is 7.91. The molecule has 2 N–H and O–H groups in total. The fourth-order valence-corrected chi connectivity index (χ4v) is 3.82. The van der Waals surface area contributed by atoms with Crippen molar-refractivity contribution in [1.82, 2.24) is 10.5 Å². The molecule has 0 radical (unpaired) electrons. The number of amides is 1. The number of benzene rings is 2. The molecule has 0 saturated heterocycles. The fraction of sp³-hybridized carbons (Fsp3) is 0.238. The number of alkyl halides is 3. The smallest absolute Gasteiger partial charge is 0.378 e. The van der Waals surface area contributed by atoms with Crippen LogP contribution in [0.3, 0.4) is 0 Å². The van der Waals surface area contributed by atoms with Gasteiger partial charge in [-0.05, 0) is 31.2 Å². The van der Waals surface area contributed by atoms with Crippen molar-refractivity contribution in [3.05, 3.63) is 81.2 Å². The minimum atomic E-state index is -4.69. The zero-order chi connectivity index (χ0) is 24.0. The summed E-state index contributed by atoms with van der Waals surface area (Å²) in [4.78, 5) is 23.6. The average Bonchev–Trinajstić information content (AvgIpc) is 3.19. The first kappa shape index (κ1) is 24.1. The molecular weight excluding hydrogens is 461 g/mol. The second-order valence-electron chi connectivity index (χ2n) is 6.89. The molecule has 0 aliphatic heterocycles. The number of carbonyl (C=O) groups excluding carboxylic acids is 1. The molecule has 33 heavy (non-hydrogen) atoms. The molecule has 0 aliphatic carbocycles. The molecule has 1 amide bonds. The summed E-state index contributed by atoms with van der Waals surface area (Å²) in [5, 5.41) is 20.4. The van der Waals surface area contributed by atoms with Gasteiger partial charge in [0.2, 0.25) is 0 Å². The van der Waals surface area contributed by atoms with Crippen molar-refractivity contribution in [2.24, 2.45) is 0 Å². The quantitative estimate of drug-likeness (QED) is 0.191. The van der Waals surface area contributed by atoms with Gasteiger partial charge >= 0.3 is 6.18 Å². The molecule has 1 heterocycles. The Labute approximate surface area is 190 Å². The number of aromatic nitrogens is 1. The van der Waals surface area contributed by atoms with Crippen LogP contribution in [0, 0.1) is 17.0 Å². The molecule has 0 fully saturated rings. The normalized spacial score (nSPS) is 11.3. The predicted octanol–water partition coefficient (Wildman–Crippen LogP) is 5.04. The lowest BCUT2D eigenvalue weighted by atomic mass is 10.1. The van der Waals surface area contributed by atoms with Crippen LogP contribution in [0.15, 0.2) is 57.9 Å². The van der Waals surface area contributed by atoms with E-state index in [0.29, 0.717) is 23.1 Å². The molecule has 0 saturated carbocycles. The molecule has 2 aromatic carbocycles. The zero-order valence-electron chi connectivity index (χ0n) is 17.3. The topological polar surface area (TPSA) is 110 Å². The van der Waals surface area contributed by atoms with Gasteiger partial charge in [-0.3, -0.25) is 14.9 Å². The van der Waals surface area contributed by atoms with Crippen LogP contribution in [-0.4, -0.2) is 29.1 Å². The van der Waals surface area contributed by atoms with Crippen molar-refractivity contribution < 1.29 is 27.4 Å². The molecule has 12 heteroatoms.